The van der Waals surface area contributed by atoms with E-state index in [-0.39, 0.29) is 16.3 Å². The summed E-state index contributed by atoms with van der Waals surface area (Å²) in [4.78, 5) is 20.1. The Morgan fingerprint density at radius 1 is 0.875 bits per heavy atom. The summed E-state index contributed by atoms with van der Waals surface area (Å²) in [6.07, 6.45) is 3.25. The number of para-hydroxylation sites is 3. The van der Waals surface area contributed by atoms with Crippen LogP contribution in [-0.4, -0.2) is 19.6 Å². The molecule has 0 saturated carbocycles. The van der Waals surface area contributed by atoms with Crippen molar-refractivity contribution in [2.24, 2.45) is 0 Å². The Morgan fingerprint density at radius 2 is 1.46 bits per heavy atom. The first-order valence-electron chi connectivity index (χ1n) is 6.63. The van der Waals surface area contributed by atoms with Crippen LogP contribution in [0.5, 0.6) is 0 Å². The van der Waals surface area contributed by atoms with Crippen molar-refractivity contribution in [2.75, 3.05) is 0 Å². The number of rotatable bonds is 3. The molecule has 0 aliphatic carbocycles. The smallest absolute Gasteiger partial charge is 0.258 e. The number of benzene rings is 2. The van der Waals surface area contributed by atoms with Gasteiger partial charge in [0.05, 0.1) is 13.4 Å². The third-order valence-electron chi connectivity index (χ3n) is 2.88. The molecule has 3 rings (SSSR count). The minimum absolute atomic E-state index is 0.0520. The molecule has 0 aliphatic heterocycles. The van der Waals surface area contributed by atoms with Gasteiger partial charge in [0.1, 0.15) is 5.69 Å². The molecule has 0 bridgehead atoms. The fourth-order valence-electron chi connectivity index (χ4n) is 1.82. The Kier molecular flexibility index (Phi) is 5.95. The zero-order chi connectivity index (χ0) is 17.5. The second-order valence-electron chi connectivity index (χ2n) is 4.40. The molecule has 1 aromatic heterocycles. The highest BCUT2D eigenvalue weighted by atomic mass is 127. The normalized spacial score (nSPS) is 9.71. The van der Waals surface area contributed by atoms with E-state index >= 15 is 0 Å². The van der Waals surface area contributed by atoms with Crippen LogP contribution in [0.2, 0.25) is 0 Å². The lowest BCUT2D eigenvalue weighted by atomic mass is 10.3. The van der Waals surface area contributed by atoms with Gasteiger partial charge in [-0.15, -0.1) is 0 Å². The molecule has 0 aliphatic rings. The molecule has 0 saturated heterocycles. The van der Waals surface area contributed by atoms with E-state index in [0.29, 0.717) is 9.26 Å². The summed E-state index contributed by atoms with van der Waals surface area (Å²) in [5.74, 6) is 0. The van der Waals surface area contributed by atoms with Gasteiger partial charge in [0.15, 0.2) is 0 Å². The van der Waals surface area contributed by atoms with Crippen molar-refractivity contribution in [2.45, 2.75) is 0 Å². The molecule has 0 spiro atoms. The summed E-state index contributed by atoms with van der Waals surface area (Å²) < 4.78 is 2.14. The van der Waals surface area contributed by atoms with Crippen molar-refractivity contribution in [3.05, 3.63) is 90.8 Å². The van der Waals surface area contributed by atoms with Crippen LogP contribution >= 0.6 is 22.6 Å². The molecular formula is C15H11IN4O4. The van der Waals surface area contributed by atoms with Crippen molar-refractivity contribution < 1.29 is 9.85 Å². The number of nitro benzene ring substituents is 2. The molecule has 0 atom stereocenters. The Labute approximate surface area is 150 Å². The molecule has 3 aromatic rings. The minimum Gasteiger partial charge on any atom is -0.258 e. The first-order chi connectivity index (χ1) is 11.5. The van der Waals surface area contributed by atoms with E-state index in [9.17, 15) is 20.2 Å². The van der Waals surface area contributed by atoms with Gasteiger partial charge in [0.2, 0.25) is 0 Å². The zero-order valence-corrected chi connectivity index (χ0v) is 14.3. The lowest BCUT2D eigenvalue weighted by Crippen LogP contribution is -1.99. The van der Waals surface area contributed by atoms with Crippen molar-refractivity contribution in [3.63, 3.8) is 0 Å². The molecule has 9 heteroatoms. The first kappa shape index (κ1) is 17.5. The number of aromatic nitrogens is 2. The molecule has 0 fully saturated rings. The van der Waals surface area contributed by atoms with E-state index < -0.39 is 4.92 Å². The predicted octanol–water partition coefficient (Wildman–Crippen LogP) is 3.98. The maximum Gasteiger partial charge on any atom is 0.294 e. The topological polar surface area (TPSA) is 104 Å². The summed E-state index contributed by atoms with van der Waals surface area (Å²) in [6.45, 7) is 0. The molecule has 0 amide bonds. The van der Waals surface area contributed by atoms with Gasteiger partial charge in [-0.3, -0.25) is 20.2 Å². The van der Waals surface area contributed by atoms with E-state index in [1.807, 2.05) is 22.6 Å². The van der Waals surface area contributed by atoms with Gasteiger partial charge >= 0.3 is 0 Å². The molecule has 1 heterocycles. The molecular weight excluding hydrogens is 427 g/mol. The lowest BCUT2D eigenvalue weighted by molar-refractivity contribution is -0.385. The number of halogens is 1. The highest BCUT2D eigenvalue weighted by Gasteiger charge is 2.13. The zero-order valence-electron chi connectivity index (χ0n) is 12.2. The van der Waals surface area contributed by atoms with Crippen LogP contribution in [0.1, 0.15) is 0 Å². The fourth-order valence-corrected chi connectivity index (χ4v) is 2.41. The van der Waals surface area contributed by atoms with Crippen molar-refractivity contribution in [1.29, 1.82) is 0 Å². The predicted molar refractivity (Wildman–Crippen MR) is 96.0 cm³/mol. The van der Waals surface area contributed by atoms with Crippen molar-refractivity contribution in [3.8, 4) is 5.69 Å². The van der Waals surface area contributed by atoms with Crippen molar-refractivity contribution in [1.82, 2.24) is 9.78 Å². The number of hydrogen-bond acceptors (Lipinski definition) is 5. The highest BCUT2D eigenvalue weighted by Crippen LogP contribution is 2.20. The average Bonchev–Trinajstić information content (AvgIpc) is 3.10. The van der Waals surface area contributed by atoms with E-state index in [4.69, 9.17) is 0 Å². The van der Waals surface area contributed by atoms with Gasteiger partial charge in [0.25, 0.3) is 11.4 Å². The average molecular weight is 438 g/mol. The van der Waals surface area contributed by atoms with E-state index in [1.54, 1.807) is 54.9 Å². The van der Waals surface area contributed by atoms with Gasteiger partial charge in [0, 0.05) is 24.5 Å². The number of nitrogens with zero attached hydrogens (tertiary/aromatic N) is 4. The van der Waals surface area contributed by atoms with Gasteiger partial charge < -0.3 is 0 Å². The van der Waals surface area contributed by atoms with Gasteiger partial charge in [-0.05, 0) is 40.8 Å². The van der Waals surface area contributed by atoms with Crippen LogP contribution < -0.4 is 0 Å². The SMILES string of the molecule is O=[N+]([O-])c1ccccc1-n1cccn1.O=[N+]([O-])c1ccccc1I. The maximum atomic E-state index is 10.7. The van der Waals surface area contributed by atoms with E-state index in [0.717, 1.165) is 0 Å². The van der Waals surface area contributed by atoms with Crippen molar-refractivity contribution >= 4 is 34.0 Å². The summed E-state index contributed by atoms with van der Waals surface area (Å²) in [6, 6.07) is 14.8. The van der Waals surface area contributed by atoms with Crippen LogP contribution in [0.15, 0.2) is 67.0 Å². The number of nitro groups is 2. The van der Waals surface area contributed by atoms with Crippen LogP contribution in [0, 0.1) is 23.8 Å². The lowest BCUT2D eigenvalue weighted by Gasteiger charge is -2.01. The van der Waals surface area contributed by atoms with E-state index in [2.05, 4.69) is 5.10 Å². The first-order valence-corrected chi connectivity index (χ1v) is 7.71. The molecule has 2 aromatic carbocycles. The Balaban J connectivity index is 0.000000185. The maximum absolute atomic E-state index is 10.7. The molecule has 0 N–H and O–H groups in total. The monoisotopic (exact) mass is 438 g/mol. The fraction of sp³-hybridized carbons (Fsp3) is 0. The molecule has 122 valence electrons. The Bertz CT molecular complexity index is 852. The standard InChI is InChI=1S/C9H7N3O2.C6H4INO2/c13-12(14)9-5-2-1-4-8(9)11-7-3-6-10-11;7-5-3-1-2-4-6(5)8(9)10/h1-7H;1-4H. The number of hydrogen-bond donors (Lipinski definition) is 0. The van der Waals surface area contributed by atoms with E-state index in [1.165, 1.54) is 16.8 Å². The Morgan fingerprint density at radius 3 is 1.96 bits per heavy atom. The van der Waals surface area contributed by atoms with Gasteiger partial charge in [-0.2, -0.15) is 5.10 Å². The summed E-state index contributed by atoms with van der Waals surface area (Å²) >= 11 is 1.93. The summed E-state index contributed by atoms with van der Waals surface area (Å²) in [5.41, 5.74) is 0.696. The quantitative estimate of drug-likeness (QED) is 0.350. The Hall–Kier alpha value is -2.82. The van der Waals surface area contributed by atoms with Gasteiger partial charge in [-0.1, -0.05) is 24.3 Å². The van der Waals surface area contributed by atoms with Crippen LogP contribution in [-0.2, 0) is 0 Å². The van der Waals surface area contributed by atoms with Crippen LogP contribution in [0.25, 0.3) is 5.69 Å². The van der Waals surface area contributed by atoms with Crippen LogP contribution in [0.3, 0.4) is 0 Å². The summed E-state index contributed by atoms with van der Waals surface area (Å²) in [5, 5.41) is 24.8. The largest absolute Gasteiger partial charge is 0.294 e. The molecule has 0 radical (unpaired) electrons. The summed E-state index contributed by atoms with van der Waals surface area (Å²) in [7, 11) is 0. The third-order valence-corrected chi connectivity index (χ3v) is 3.79. The molecule has 8 nitrogen and oxygen atoms in total. The highest BCUT2D eigenvalue weighted by molar-refractivity contribution is 14.1. The molecule has 0 unspecified atom stereocenters. The third kappa shape index (κ3) is 4.35. The molecule has 24 heavy (non-hydrogen) atoms. The second-order valence-corrected chi connectivity index (χ2v) is 5.57. The minimum atomic E-state index is -0.420. The second kappa shape index (κ2) is 8.15. The van der Waals surface area contributed by atoms with Gasteiger partial charge in [-0.25, -0.2) is 4.68 Å². The van der Waals surface area contributed by atoms with Crippen LogP contribution in [0.4, 0.5) is 11.4 Å².